The van der Waals surface area contributed by atoms with Crippen LogP contribution in [-0.4, -0.2) is 45.0 Å². The standard InChI is InChI=1S/C21H38O5Si/c1-18(2,3)27(8,9)24-11-10-14-15-12-19(4,5)21(15,26-17(14)22)16-13-23-20(6,7)25-16/h14-16H,10-13H2,1-9H3/t14-,15-,16?,21-/m1/s1. The highest BCUT2D eigenvalue weighted by atomic mass is 28.4. The maximum Gasteiger partial charge on any atom is 0.310 e. The highest BCUT2D eigenvalue weighted by molar-refractivity contribution is 6.74. The first-order valence-electron chi connectivity index (χ1n) is 10.3. The van der Waals surface area contributed by atoms with Gasteiger partial charge in [0.2, 0.25) is 0 Å². The van der Waals surface area contributed by atoms with E-state index < -0.39 is 19.7 Å². The Bertz CT molecular complexity index is 606. The number of carbonyl (C=O) groups excluding carboxylic acids is 1. The number of hydrogen-bond donors (Lipinski definition) is 0. The Labute approximate surface area is 165 Å². The minimum Gasteiger partial charge on any atom is -0.455 e. The summed E-state index contributed by atoms with van der Waals surface area (Å²) >= 11 is 0. The Morgan fingerprint density at radius 1 is 1.19 bits per heavy atom. The van der Waals surface area contributed by atoms with Crippen molar-refractivity contribution in [1.82, 2.24) is 0 Å². The van der Waals surface area contributed by atoms with Crippen LogP contribution in [0.4, 0.5) is 0 Å². The molecule has 1 unspecified atom stereocenters. The molecule has 1 saturated carbocycles. The summed E-state index contributed by atoms with van der Waals surface area (Å²) in [6.07, 6.45) is 1.51. The summed E-state index contributed by atoms with van der Waals surface area (Å²) in [7, 11) is -1.81. The van der Waals surface area contributed by atoms with Crippen molar-refractivity contribution in [3.63, 3.8) is 0 Å². The molecule has 5 nitrogen and oxygen atoms in total. The van der Waals surface area contributed by atoms with E-state index in [1.54, 1.807) is 0 Å². The van der Waals surface area contributed by atoms with E-state index in [0.717, 1.165) is 12.8 Å². The molecule has 2 saturated heterocycles. The molecule has 6 heteroatoms. The zero-order chi connectivity index (χ0) is 20.5. The predicted molar refractivity (Wildman–Crippen MR) is 107 cm³/mol. The molecule has 0 aromatic heterocycles. The van der Waals surface area contributed by atoms with Crippen LogP contribution >= 0.6 is 0 Å². The quantitative estimate of drug-likeness (QED) is 0.504. The van der Waals surface area contributed by atoms with Crippen LogP contribution in [-0.2, 0) is 23.4 Å². The molecule has 156 valence electrons. The van der Waals surface area contributed by atoms with E-state index in [1.165, 1.54) is 0 Å². The van der Waals surface area contributed by atoms with E-state index in [1.807, 2.05) is 13.8 Å². The largest absolute Gasteiger partial charge is 0.455 e. The van der Waals surface area contributed by atoms with Crippen molar-refractivity contribution in [2.24, 2.45) is 17.3 Å². The van der Waals surface area contributed by atoms with Gasteiger partial charge in [-0.1, -0.05) is 34.6 Å². The van der Waals surface area contributed by atoms with Gasteiger partial charge in [0.15, 0.2) is 14.1 Å². The van der Waals surface area contributed by atoms with Crippen molar-refractivity contribution < 1.29 is 23.4 Å². The number of carbonyl (C=O) groups is 1. The third-order valence-electron chi connectivity index (χ3n) is 7.58. The molecule has 1 aliphatic carbocycles. The molecule has 0 aromatic carbocycles. The van der Waals surface area contributed by atoms with Gasteiger partial charge in [0, 0.05) is 17.9 Å². The summed E-state index contributed by atoms with van der Waals surface area (Å²) in [5, 5.41) is 0.173. The maximum atomic E-state index is 12.8. The molecule has 3 aliphatic rings. The van der Waals surface area contributed by atoms with Crippen molar-refractivity contribution in [2.75, 3.05) is 13.2 Å². The molecule has 3 fully saturated rings. The monoisotopic (exact) mass is 398 g/mol. The zero-order valence-corrected chi connectivity index (χ0v) is 19.6. The van der Waals surface area contributed by atoms with Gasteiger partial charge in [-0.25, -0.2) is 0 Å². The van der Waals surface area contributed by atoms with Gasteiger partial charge in [0.25, 0.3) is 0 Å². The fraction of sp³-hybridized carbons (Fsp3) is 0.952. The summed E-state index contributed by atoms with van der Waals surface area (Å²) in [5.74, 6) is -0.621. The van der Waals surface area contributed by atoms with Gasteiger partial charge in [-0.05, 0) is 44.8 Å². The van der Waals surface area contributed by atoms with Crippen LogP contribution in [0.25, 0.3) is 0 Å². The lowest BCUT2D eigenvalue weighted by Gasteiger charge is -2.59. The van der Waals surface area contributed by atoms with Crippen LogP contribution < -0.4 is 0 Å². The molecular weight excluding hydrogens is 360 g/mol. The second-order valence-electron chi connectivity index (χ2n) is 11.2. The van der Waals surface area contributed by atoms with E-state index in [-0.39, 0.29) is 34.4 Å². The highest BCUT2D eigenvalue weighted by Gasteiger charge is 2.75. The van der Waals surface area contributed by atoms with Crippen LogP contribution in [0.3, 0.4) is 0 Å². The van der Waals surface area contributed by atoms with Crippen molar-refractivity contribution >= 4 is 14.3 Å². The van der Waals surface area contributed by atoms with Crippen LogP contribution in [0, 0.1) is 17.3 Å². The van der Waals surface area contributed by atoms with Gasteiger partial charge < -0.3 is 18.6 Å². The van der Waals surface area contributed by atoms with E-state index in [9.17, 15) is 4.79 Å². The summed E-state index contributed by atoms with van der Waals surface area (Å²) in [4.78, 5) is 12.8. The number of rotatable bonds is 5. The van der Waals surface area contributed by atoms with Crippen LogP contribution in [0.2, 0.25) is 18.1 Å². The van der Waals surface area contributed by atoms with Crippen molar-refractivity contribution in [3.8, 4) is 0 Å². The number of fused-ring (bicyclic) bond motifs is 1. The van der Waals surface area contributed by atoms with Crippen molar-refractivity contribution in [2.45, 2.75) is 96.9 Å². The van der Waals surface area contributed by atoms with Crippen LogP contribution in [0.15, 0.2) is 0 Å². The SMILES string of the molecule is CC1(C)OCC([C@]23OC(=O)[C@H](CCO[Si](C)(C)C(C)(C)C)[C@H]2CC3(C)C)O1. The second-order valence-corrected chi connectivity index (χ2v) is 16.0. The van der Waals surface area contributed by atoms with E-state index in [2.05, 4.69) is 47.7 Å². The fourth-order valence-corrected chi connectivity index (χ4v) is 5.97. The molecule has 2 heterocycles. The van der Waals surface area contributed by atoms with Gasteiger partial charge in [-0.3, -0.25) is 4.79 Å². The Balaban J connectivity index is 1.71. The molecule has 2 aliphatic heterocycles. The smallest absolute Gasteiger partial charge is 0.310 e. The van der Waals surface area contributed by atoms with E-state index in [4.69, 9.17) is 18.6 Å². The molecule has 0 bridgehead atoms. The zero-order valence-electron chi connectivity index (χ0n) is 18.6. The number of hydrogen-bond acceptors (Lipinski definition) is 5. The first-order chi connectivity index (χ1) is 12.1. The lowest BCUT2D eigenvalue weighted by molar-refractivity contribution is -0.254. The summed E-state index contributed by atoms with van der Waals surface area (Å²) < 4.78 is 24.4. The molecule has 0 N–H and O–H groups in total. The summed E-state index contributed by atoms with van der Waals surface area (Å²) in [6.45, 7) is 20.5. The lowest BCUT2D eigenvalue weighted by atomic mass is 9.48. The average Bonchev–Trinajstić information content (AvgIpc) is 2.96. The van der Waals surface area contributed by atoms with Gasteiger partial charge in [-0.15, -0.1) is 0 Å². The van der Waals surface area contributed by atoms with Crippen LogP contribution in [0.5, 0.6) is 0 Å². The van der Waals surface area contributed by atoms with Crippen molar-refractivity contribution in [1.29, 1.82) is 0 Å². The molecule has 3 rings (SSSR count). The Kier molecular flexibility index (Phi) is 4.95. The second kappa shape index (κ2) is 6.28. The Hall–Kier alpha value is -0.433. The minimum absolute atomic E-state index is 0.0855. The normalized spacial score (nSPS) is 37.7. The highest BCUT2D eigenvalue weighted by Crippen LogP contribution is 2.66. The maximum absolute atomic E-state index is 12.8. The molecule has 0 aromatic rings. The van der Waals surface area contributed by atoms with Gasteiger partial charge in [-0.2, -0.15) is 0 Å². The molecule has 4 atom stereocenters. The van der Waals surface area contributed by atoms with Crippen molar-refractivity contribution in [3.05, 3.63) is 0 Å². The summed E-state index contributed by atoms with van der Waals surface area (Å²) in [6, 6.07) is 0. The Morgan fingerprint density at radius 2 is 1.81 bits per heavy atom. The number of ether oxygens (including phenoxy) is 3. The molecular formula is C21H38O5Si. The molecule has 0 spiro atoms. The lowest BCUT2D eigenvalue weighted by Crippen LogP contribution is -2.68. The van der Waals surface area contributed by atoms with Gasteiger partial charge >= 0.3 is 5.97 Å². The average molecular weight is 399 g/mol. The molecule has 0 radical (unpaired) electrons. The minimum atomic E-state index is -1.81. The third-order valence-corrected chi connectivity index (χ3v) is 12.1. The molecule has 0 amide bonds. The van der Waals surface area contributed by atoms with Crippen LogP contribution in [0.1, 0.15) is 61.3 Å². The first kappa shape index (κ1) is 21.3. The van der Waals surface area contributed by atoms with Gasteiger partial charge in [0.05, 0.1) is 12.5 Å². The molecule has 27 heavy (non-hydrogen) atoms. The van der Waals surface area contributed by atoms with Gasteiger partial charge in [0.1, 0.15) is 11.7 Å². The topological polar surface area (TPSA) is 54.0 Å². The Morgan fingerprint density at radius 3 is 2.30 bits per heavy atom. The number of esters is 1. The third kappa shape index (κ3) is 3.30. The first-order valence-corrected chi connectivity index (χ1v) is 13.2. The predicted octanol–water partition coefficient (Wildman–Crippen LogP) is 4.51. The summed E-state index contributed by atoms with van der Waals surface area (Å²) in [5.41, 5.74) is -0.670. The van der Waals surface area contributed by atoms with E-state index in [0.29, 0.717) is 13.2 Å². The van der Waals surface area contributed by atoms with E-state index >= 15 is 0 Å². The fourth-order valence-electron chi connectivity index (χ4n) is 4.91.